The maximum atomic E-state index is 12.3. The Morgan fingerprint density at radius 3 is 2.32 bits per heavy atom. The molecule has 1 saturated heterocycles. The van der Waals surface area contributed by atoms with E-state index < -0.39 is 0 Å². The molecule has 2 aromatic carbocycles. The third-order valence-electron chi connectivity index (χ3n) is 4.99. The van der Waals surface area contributed by atoms with Gasteiger partial charge in [-0.2, -0.15) is 0 Å². The number of nitrogens with one attached hydrogen (secondary N) is 1. The van der Waals surface area contributed by atoms with Crippen LogP contribution in [0.4, 0.5) is 0 Å². The molecular formula is C22H26N2O4. The number of carbonyl (C=O) groups excluding carboxylic acids is 1. The van der Waals surface area contributed by atoms with Crippen LogP contribution >= 0.6 is 0 Å². The lowest BCUT2D eigenvalue weighted by molar-refractivity contribution is -0.120. The highest BCUT2D eigenvalue weighted by Gasteiger charge is 2.13. The van der Waals surface area contributed by atoms with Crippen LogP contribution in [0.1, 0.15) is 16.7 Å². The smallest absolute Gasteiger partial charge is 0.224 e. The van der Waals surface area contributed by atoms with Crippen LogP contribution in [0, 0.1) is 0 Å². The van der Waals surface area contributed by atoms with Gasteiger partial charge in [-0.3, -0.25) is 9.69 Å². The van der Waals surface area contributed by atoms with Crippen LogP contribution in [0.5, 0.6) is 11.5 Å². The summed E-state index contributed by atoms with van der Waals surface area (Å²) < 4.78 is 16.5. The first-order chi connectivity index (χ1) is 13.8. The van der Waals surface area contributed by atoms with E-state index in [1.807, 2.05) is 18.2 Å². The Bertz CT molecular complexity index is 801. The summed E-state index contributed by atoms with van der Waals surface area (Å²) in [5, 5.41) is 2.99. The van der Waals surface area contributed by atoms with Gasteiger partial charge in [0.05, 0.1) is 19.6 Å². The van der Waals surface area contributed by atoms with Crippen LogP contribution in [-0.4, -0.2) is 50.3 Å². The molecule has 148 valence electrons. The van der Waals surface area contributed by atoms with Crippen LogP contribution in [0.15, 0.2) is 42.5 Å². The van der Waals surface area contributed by atoms with Gasteiger partial charge in [0.25, 0.3) is 0 Å². The Balaban J connectivity index is 1.25. The van der Waals surface area contributed by atoms with Crippen molar-refractivity contribution in [2.24, 2.45) is 0 Å². The van der Waals surface area contributed by atoms with Gasteiger partial charge in [-0.25, -0.2) is 0 Å². The van der Waals surface area contributed by atoms with Crippen molar-refractivity contribution in [1.29, 1.82) is 0 Å². The van der Waals surface area contributed by atoms with Crippen molar-refractivity contribution in [2.75, 3.05) is 39.5 Å². The summed E-state index contributed by atoms with van der Waals surface area (Å²) in [6.45, 7) is 6.18. The molecule has 1 N–H and O–H groups in total. The van der Waals surface area contributed by atoms with Gasteiger partial charge in [0.2, 0.25) is 5.91 Å². The number of hydrogen-bond donors (Lipinski definition) is 1. The molecule has 1 amide bonds. The fourth-order valence-corrected chi connectivity index (χ4v) is 3.43. The van der Waals surface area contributed by atoms with Crippen LogP contribution in [0.3, 0.4) is 0 Å². The maximum Gasteiger partial charge on any atom is 0.224 e. The molecular weight excluding hydrogens is 356 g/mol. The highest BCUT2D eigenvalue weighted by molar-refractivity contribution is 5.78. The van der Waals surface area contributed by atoms with E-state index in [1.54, 1.807) is 0 Å². The molecule has 1 fully saturated rings. The Kier molecular flexibility index (Phi) is 6.09. The number of nitrogens with zero attached hydrogens (tertiary/aromatic N) is 1. The first-order valence-corrected chi connectivity index (χ1v) is 9.79. The van der Waals surface area contributed by atoms with Crippen molar-refractivity contribution < 1.29 is 19.0 Å². The van der Waals surface area contributed by atoms with Crippen molar-refractivity contribution in [3.63, 3.8) is 0 Å². The van der Waals surface area contributed by atoms with E-state index in [0.29, 0.717) is 31.9 Å². The van der Waals surface area contributed by atoms with E-state index in [2.05, 4.69) is 34.5 Å². The maximum absolute atomic E-state index is 12.3. The van der Waals surface area contributed by atoms with Gasteiger partial charge in [-0.15, -0.1) is 0 Å². The molecule has 0 saturated carbocycles. The van der Waals surface area contributed by atoms with Gasteiger partial charge in [-0.05, 0) is 28.8 Å². The normalized spacial score (nSPS) is 16.6. The second-order valence-electron chi connectivity index (χ2n) is 7.14. The van der Waals surface area contributed by atoms with Crippen LogP contribution in [0.2, 0.25) is 0 Å². The Morgan fingerprint density at radius 2 is 1.54 bits per heavy atom. The minimum Gasteiger partial charge on any atom is -0.486 e. The average molecular weight is 382 g/mol. The molecule has 0 spiro atoms. The van der Waals surface area contributed by atoms with Crippen LogP contribution in [-0.2, 0) is 29.0 Å². The zero-order valence-electron chi connectivity index (χ0n) is 16.0. The largest absolute Gasteiger partial charge is 0.486 e. The standard InChI is InChI=1S/C22H26N2O4/c25-22(14-19-5-6-20-21(13-19)28-12-11-27-20)23-15-17-1-3-18(4-2-17)16-24-7-9-26-10-8-24/h1-6,13H,7-12,14-16H2,(H,23,25). The lowest BCUT2D eigenvalue weighted by Crippen LogP contribution is -2.35. The summed E-state index contributed by atoms with van der Waals surface area (Å²) in [4.78, 5) is 14.7. The van der Waals surface area contributed by atoms with E-state index in [-0.39, 0.29) is 5.91 Å². The van der Waals surface area contributed by atoms with E-state index in [4.69, 9.17) is 14.2 Å². The molecule has 0 aromatic heterocycles. The molecule has 4 rings (SSSR count). The number of fused-ring (bicyclic) bond motifs is 1. The SMILES string of the molecule is O=C(Cc1ccc2c(c1)OCCO2)NCc1ccc(CN2CCOCC2)cc1. The van der Waals surface area contributed by atoms with Crippen LogP contribution in [0.25, 0.3) is 0 Å². The number of rotatable bonds is 6. The Morgan fingerprint density at radius 1 is 0.857 bits per heavy atom. The predicted octanol–water partition coefficient (Wildman–Crippen LogP) is 2.15. The molecule has 2 aromatic rings. The molecule has 0 atom stereocenters. The molecule has 2 heterocycles. The average Bonchev–Trinajstić information content (AvgIpc) is 2.74. The number of benzene rings is 2. The summed E-state index contributed by atoms with van der Waals surface area (Å²) in [5.41, 5.74) is 3.30. The minimum absolute atomic E-state index is 0.00549. The predicted molar refractivity (Wildman–Crippen MR) is 106 cm³/mol. The highest BCUT2D eigenvalue weighted by atomic mass is 16.6. The molecule has 0 radical (unpaired) electrons. The van der Waals surface area contributed by atoms with Crippen LogP contribution < -0.4 is 14.8 Å². The van der Waals surface area contributed by atoms with Gasteiger partial charge in [-0.1, -0.05) is 30.3 Å². The number of amides is 1. The van der Waals surface area contributed by atoms with E-state index >= 15 is 0 Å². The molecule has 2 aliphatic rings. The fourth-order valence-electron chi connectivity index (χ4n) is 3.43. The molecule has 28 heavy (non-hydrogen) atoms. The van der Waals surface area contributed by atoms with E-state index in [9.17, 15) is 4.79 Å². The first-order valence-electron chi connectivity index (χ1n) is 9.79. The van der Waals surface area contributed by atoms with Gasteiger partial charge in [0.15, 0.2) is 11.5 Å². The molecule has 0 aliphatic carbocycles. The number of morpholine rings is 1. The van der Waals surface area contributed by atoms with Crippen molar-refractivity contribution in [3.05, 3.63) is 59.2 Å². The minimum atomic E-state index is -0.00549. The van der Waals surface area contributed by atoms with Crippen molar-refractivity contribution in [1.82, 2.24) is 10.2 Å². The zero-order valence-corrected chi connectivity index (χ0v) is 16.0. The highest BCUT2D eigenvalue weighted by Crippen LogP contribution is 2.30. The molecule has 6 nitrogen and oxygen atoms in total. The first kappa shape index (κ1) is 18.8. The van der Waals surface area contributed by atoms with Gasteiger partial charge in [0.1, 0.15) is 13.2 Å². The Hall–Kier alpha value is -2.57. The number of hydrogen-bond acceptors (Lipinski definition) is 5. The summed E-state index contributed by atoms with van der Waals surface area (Å²) in [6.07, 6.45) is 0.325. The summed E-state index contributed by atoms with van der Waals surface area (Å²) >= 11 is 0. The van der Waals surface area contributed by atoms with E-state index in [1.165, 1.54) is 5.56 Å². The zero-order chi connectivity index (χ0) is 19.2. The third kappa shape index (κ3) is 5.03. The molecule has 0 bridgehead atoms. The topological polar surface area (TPSA) is 60.0 Å². The molecule has 6 heteroatoms. The number of carbonyl (C=O) groups is 1. The summed E-state index contributed by atoms with van der Waals surface area (Å²) in [7, 11) is 0. The monoisotopic (exact) mass is 382 g/mol. The van der Waals surface area contributed by atoms with Crippen molar-refractivity contribution in [2.45, 2.75) is 19.5 Å². The fraction of sp³-hybridized carbons (Fsp3) is 0.409. The lowest BCUT2D eigenvalue weighted by atomic mass is 10.1. The van der Waals surface area contributed by atoms with Crippen molar-refractivity contribution >= 4 is 5.91 Å². The lowest BCUT2D eigenvalue weighted by Gasteiger charge is -2.26. The van der Waals surface area contributed by atoms with Gasteiger partial charge < -0.3 is 19.5 Å². The van der Waals surface area contributed by atoms with Gasteiger partial charge >= 0.3 is 0 Å². The second kappa shape index (κ2) is 9.08. The van der Waals surface area contributed by atoms with Crippen molar-refractivity contribution in [3.8, 4) is 11.5 Å². The summed E-state index contributed by atoms with van der Waals surface area (Å²) in [6, 6.07) is 14.1. The van der Waals surface area contributed by atoms with E-state index in [0.717, 1.165) is 49.7 Å². The summed E-state index contributed by atoms with van der Waals surface area (Å²) in [5.74, 6) is 1.45. The van der Waals surface area contributed by atoms with Gasteiger partial charge in [0, 0.05) is 26.2 Å². The molecule has 2 aliphatic heterocycles. The quantitative estimate of drug-likeness (QED) is 0.830. The Labute approximate surface area is 165 Å². The number of ether oxygens (including phenoxy) is 3. The second-order valence-corrected chi connectivity index (χ2v) is 7.14. The molecule has 0 unspecified atom stereocenters. The third-order valence-corrected chi connectivity index (χ3v) is 4.99.